The van der Waals surface area contributed by atoms with E-state index in [1.807, 2.05) is 0 Å². The molecule has 2 fully saturated rings. The molecule has 4 rings (SSSR count). The smallest absolute Gasteiger partial charge is 0.265 e. The van der Waals surface area contributed by atoms with Gasteiger partial charge in [-0.05, 0) is 61.6 Å². The van der Waals surface area contributed by atoms with E-state index in [1.54, 1.807) is 23.1 Å². The molecule has 2 unspecified atom stereocenters. The lowest BCUT2D eigenvalue weighted by atomic mass is 9.65. The van der Waals surface area contributed by atoms with Crippen molar-refractivity contribution in [2.24, 2.45) is 10.8 Å². The fourth-order valence-electron chi connectivity index (χ4n) is 5.95. The van der Waals surface area contributed by atoms with Crippen molar-refractivity contribution in [2.75, 3.05) is 24.6 Å². The maximum Gasteiger partial charge on any atom is 0.265 e. The van der Waals surface area contributed by atoms with Crippen molar-refractivity contribution >= 4 is 23.3 Å². The topological polar surface area (TPSA) is 66.9 Å². The van der Waals surface area contributed by atoms with Crippen molar-refractivity contribution in [3.8, 4) is 5.75 Å². The van der Waals surface area contributed by atoms with Gasteiger partial charge in [-0.15, -0.1) is 0 Å². The van der Waals surface area contributed by atoms with Crippen LogP contribution < -0.4 is 9.64 Å². The molecule has 0 N–H and O–H groups in total. The Morgan fingerprint density at radius 2 is 1.97 bits per heavy atom. The molecule has 2 aliphatic heterocycles. The molecule has 162 valence electrons. The molecule has 3 aliphatic rings. The third kappa shape index (κ3) is 3.96. The Hall–Kier alpha value is -2.37. The summed E-state index contributed by atoms with van der Waals surface area (Å²) in [6.07, 6.45) is 4.36. The van der Waals surface area contributed by atoms with Gasteiger partial charge < -0.3 is 14.5 Å². The molecule has 30 heavy (non-hydrogen) atoms. The summed E-state index contributed by atoms with van der Waals surface area (Å²) in [5.41, 5.74) is 1.68. The SMILES string of the molecule is CC(=O)c1ccc2c(c1)N(CCCC(=O)N1CC3(C)CC1CC(C)(C)C3)C(=O)CO2. The number of benzene rings is 1. The number of hydrogen-bond acceptors (Lipinski definition) is 4. The summed E-state index contributed by atoms with van der Waals surface area (Å²) < 4.78 is 5.51. The van der Waals surface area contributed by atoms with Gasteiger partial charge in [0.25, 0.3) is 5.91 Å². The summed E-state index contributed by atoms with van der Waals surface area (Å²) in [6.45, 7) is 9.71. The van der Waals surface area contributed by atoms with Crippen LogP contribution in [0.15, 0.2) is 18.2 Å². The van der Waals surface area contributed by atoms with Crippen molar-refractivity contribution in [2.45, 2.75) is 65.8 Å². The molecular weight excluding hydrogens is 380 g/mol. The Morgan fingerprint density at radius 1 is 1.20 bits per heavy atom. The molecule has 1 saturated carbocycles. The van der Waals surface area contributed by atoms with E-state index >= 15 is 0 Å². The van der Waals surface area contributed by atoms with Crippen molar-refractivity contribution < 1.29 is 19.1 Å². The first-order chi connectivity index (χ1) is 14.1. The Kier molecular flexibility index (Phi) is 5.15. The number of nitrogens with zero attached hydrogens (tertiary/aromatic N) is 2. The number of Topliss-reactive ketones (excluding diaryl/α,β-unsaturated/α-hetero) is 1. The van der Waals surface area contributed by atoms with Gasteiger partial charge in [-0.2, -0.15) is 0 Å². The third-order valence-corrected chi connectivity index (χ3v) is 6.82. The van der Waals surface area contributed by atoms with Crippen LogP contribution in [-0.4, -0.2) is 48.2 Å². The van der Waals surface area contributed by atoms with Crippen LogP contribution in [0, 0.1) is 10.8 Å². The zero-order valence-electron chi connectivity index (χ0n) is 18.5. The molecule has 1 saturated heterocycles. The molecule has 0 radical (unpaired) electrons. The predicted octanol–water partition coefficient (Wildman–Crippen LogP) is 3.82. The molecular formula is C24H32N2O4. The highest BCUT2D eigenvalue weighted by Gasteiger charge is 2.50. The second kappa shape index (κ2) is 7.40. The number of hydrogen-bond donors (Lipinski definition) is 0. The van der Waals surface area contributed by atoms with Crippen LogP contribution in [0.4, 0.5) is 5.69 Å². The van der Waals surface area contributed by atoms with E-state index in [0.717, 1.165) is 25.8 Å². The number of carbonyl (C=O) groups is 3. The van der Waals surface area contributed by atoms with Crippen molar-refractivity contribution in [1.29, 1.82) is 0 Å². The van der Waals surface area contributed by atoms with Crippen LogP contribution >= 0.6 is 0 Å². The summed E-state index contributed by atoms with van der Waals surface area (Å²) in [7, 11) is 0. The highest BCUT2D eigenvalue weighted by atomic mass is 16.5. The lowest BCUT2D eigenvalue weighted by molar-refractivity contribution is -0.132. The lowest BCUT2D eigenvalue weighted by Crippen LogP contribution is -2.40. The minimum atomic E-state index is -0.137. The number of rotatable bonds is 5. The summed E-state index contributed by atoms with van der Waals surface area (Å²) in [5.74, 6) is 0.610. The maximum absolute atomic E-state index is 13.0. The van der Waals surface area contributed by atoms with Crippen molar-refractivity contribution in [3.05, 3.63) is 23.8 Å². The first-order valence-electron chi connectivity index (χ1n) is 10.9. The Labute approximate surface area is 178 Å². The van der Waals surface area contributed by atoms with Crippen LogP contribution in [0.3, 0.4) is 0 Å². The minimum absolute atomic E-state index is 0.0119. The van der Waals surface area contributed by atoms with E-state index in [4.69, 9.17) is 4.74 Å². The molecule has 1 aromatic rings. The standard InChI is InChI=1S/C24H32N2O4/c1-16(27)17-7-8-20-19(10-17)25(22(29)13-30-20)9-5-6-21(28)26-15-24(4)12-18(26)11-23(2,3)14-24/h7-8,10,18H,5-6,9,11-15H2,1-4H3. The molecule has 1 aliphatic carbocycles. The van der Waals surface area contributed by atoms with Gasteiger partial charge in [0, 0.05) is 31.1 Å². The quantitative estimate of drug-likeness (QED) is 0.690. The zero-order chi connectivity index (χ0) is 21.7. The molecule has 2 bridgehead atoms. The molecule has 2 atom stereocenters. The molecule has 0 aromatic heterocycles. The van der Waals surface area contributed by atoms with Gasteiger partial charge in [0.05, 0.1) is 5.69 Å². The number of ether oxygens (including phenoxy) is 1. The van der Waals surface area contributed by atoms with Gasteiger partial charge in [0.15, 0.2) is 12.4 Å². The summed E-state index contributed by atoms with van der Waals surface area (Å²) >= 11 is 0. The van der Waals surface area contributed by atoms with Crippen LogP contribution in [0.25, 0.3) is 0 Å². The van der Waals surface area contributed by atoms with E-state index < -0.39 is 0 Å². The first kappa shape index (κ1) is 20.9. The Balaban J connectivity index is 1.40. The fraction of sp³-hybridized carbons (Fsp3) is 0.625. The summed E-state index contributed by atoms with van der Waals surface area (Å²) in [6, 6.07) is 5.51. The largest absolute Gasteiger partial charge is 0.482 e. The summed E-state index contributed by atoms with van der Waals surface area (Å²) in [5, 5.41) is 0. The number of carbonyl (C=O) groups excluding carboxylic acids is 3. The molecule has 2 amide bonds. The van der Waals surface area contributed by atoms with Crippen LogP contribution in [0.5, 0.6) is 5.75 Å². The van der Waals surface area contributed by atoms with Crippen molar-refractivity contribution in [1.82, 2.24) is 4.90 Å². The number of fused-ring (bicyclic) bond motifs is 3. The Bertz CT molecular complexity index is 893. The van der Waals surface area contributed by atoms with Gasteiger partial charge in [-0.25, -0.2) is 0 Å². The predicted molar refractivity (Wildman–Crippen MR) is 115 cm³/mol. The van der Waals surface area contributed by atoms with E-state index in [9.17, 15) is 14.4 Å². The molecule has 2 heterocycles. The van der Waals surface area contributed by atoms with Gasteiger partial charge in [-0.1, -0.05) is 20.8 Å². The van der Waals surface area contributed by atoms with E-state index in [0.29, 0.717) is 42.4 Å². The van der Waals surface area contributed by atoms with Crippen LogP contribution in [-0.2, 0) is 9.59 Å². The normalized spacial score (nSPS) is 26.9. The lowest BCUT2D eigenvalue weighted by Gasteiger charge is -2.39. The summed E-state index contributed by atoms with van der Waals surface area (Å²) in [4.78, 5) is 41.0. The van der Waals surface area contributed by atoms with Gasteiger partial charge in [0.1, 0.15) is 5.75 Å². The number of anilines is 1. The minimum Gasteiger partial charge on any atom is -0.482 e. The molecule has 6 heteroatoms. The number of amides is 2. The first-order valence-corrected chi connectivity index (χ1v) is 10.9. The molecule has 6 nitrogen and oxygen atoms in total. The highest BCUT2D eigenvalue weighted by molar-refractivity contribution is 6.01. The second-order valence-electron chi connectivity index (χ2n) is 10.4. The Morgan fingerprint density at radius 3 is 2.70 bits per heavy atom. The zero-order valence-corrected chi connectivity index (χ0v) is 18.5. The van der Waals surface area contributed by atoms with E-state index in [2.05, 4.69) is 25.7 Å². The third-order valence-electron chi connectivity index (χ3n) is 6.82. The van der Waals surface area contributed by atoms with E-state index in [1.165, 1.54) is 6.92 Å². The van der Waals surface area contributed by atoms with E-state index in [-0.39, 0.29) is 35.0 Å². The van der Waals surface area contributed by atoms with Gasteiger partial charge in [-0.3, -0.25) is 14.4 Å². The monoisotopic (exact) mass is 412 g/mol. The van der Waals surface area contributed by atoms with Gasteiger partial charge in [0.2, 0.25) is 5.91 Å². The number of ketones is 1. The average molecular weight is 413 g/mol. The average Bonchev–Trinajstić information content (AvgIpc) is 2.91. The second-order valence-corrected chi connectivity index (χ2v) is 10.4. The maximum atomic E-state index is 13.0. The van der Waals surface area contributed by atoms with Crippen LogP contribution in [0.2, 0.25) is 0 Å². The number of likely N-dealkylation sites (tertiary alicyclic amines) is 1. The fourth-order valence-corrected chi connectivity index (χ4v) is 5.95. The van der Waals surface area contributed by atoms with Crippen molar-refractivity contribution in [3.63, 3.8) is 0 Å². The van der Waals surface area contributed by atoms with Crippen LogP contribution in [0.1, 0.15) is 70.2 Å². The van der Waals surface area contributed by atoms with Gasteiger partial charge >= 0.3 is 0 Å². The molecule has 1 aromatic carbocycles. The highest BCUT2D eigenvalue weighted by Crippen LogP contribution is 2.52. The molecule has 0 spiro atoms.